The third-order valence-electron chi connectivity index (χ3n) is 3.46. The van der Waals surface area contributed by atoms with Gasteiger partial charge in [0.15, 0.2) is 5.69 Å². The van der Waals surface area contributed by atoms with E-state index in [9.17, 15) is 4.79 Å². The summed E-state index contributed by atoms with van der Waals surface area (Å²) in [6.07, 6.45) is 0. The molecule has 0 aliphatic rings. The lowest BCUT2D eigenvalue weighted by Gasteiger charge is -2.03. The van der Waals surface area contributed by atoms with E-state index < -0.39 is 5.97 Å². The van der Waals surface area contributed by atoms with Crippen LogP contribution in [0.4, 0.5) is 0 Å². The summed E-state index contributed by atoms with van der Waals surface area (Å²) in [7, 11) is 0. The molecular formula is C19H14N2O2S. The number of nitrogens with zero attached hydrogens (tertiary/aromatic N) is 2. The molecule has 5 heteroatoms. The van der Waals surface area contributed by atoms with Crippen molar-refractivity contribution in [1.82, 2.24) is 4.98 Å². The van der Waals surface area contributed by atoms with Crippen LogP contribution in [0.15, 0.2) is 53.9 Å². The van der Waals surface area contributed by atoms with Crippen LogP contribution in [0.3, 0.4) is 0 Å². The van der Waals surface area contributed by atoms with E-state index in [1.54, 1.807) is 29.6 Å². The van der Waals surface area contributed by atoms with Gasteiger partial charge < -0.3 is 4.74 Å². The van der Waals surface area contributed by atoms with Crippen LogP contribution >= 0.6 is 11.3 Å². The number of ether oxygens (including phenoxy) is 1. The Morgan fingerprint density at radius 2 is 1.88 bits per heavy atom. The molecule has 0 amide bonds. The van der Waals surface area contributed by atoms with Crippen LogP contribution < -0.4 is 0 Å². The van der Waals surface area contributed by atoms with Crippen molar-refractivity contribution in [1.29, 1.82) is 5.26 Å². The van der Waals surface area contributed by atoms with Crippen LogP contribution in [0, 0.1) is 18.3 Å². The molecule has 0 radical (unpaired) electrons. The third-order valence-corrected chi connectivity index (χ3v) is 4.36. The van der Waals surface area contributed by atoms with E-state index >= 15 is 0 Å². The van der Waals surface area contributed by atoms with Crippen molar-refractivity contribution in [2.45, 2.75) is 13.5 Å². The number of aryl methyl sites for hydroxylation is 1. The van der Waals surface area contributed by atoms with E-state index in [0.29, 0.717) is 11.3 Å². The lowest BCUT2D eigenvalue weighted by atomic mass is 10.2. The molecule has 0 spiro atoms. The average Bonchev–Trinajstić information content (AvgIpc) is 3.11. The summed E-state index contributed by atoms with van der Waals surface area (Å²) in [4.78, 5) is 16.5. The second-order valence-electron chi connectivity index (χ2n) is 5.29. The van der Waals surface area contributed by atoms with E-state index in [1.807, 2.05) is 31.2 Å². The predicted octanol–water partition coefficient (Wildman–Crippen LogP) is 4.35. The number of aromatic nitrogens is 1. The molecule has 0 aliphatic heterocycles. The van der Waals surface area contributed by atoms with Crippen LogP contribution in [0.25, 0.3) is 10.6 Å². The first kappa shape index (κ1) is 15.9. The van der Waals surface area contributed by atoms with Gasteiger partial charge in [0.2, 0.25) is 0 Å². The summed E-state index contributed by atoms with van der Waals surface area (Å²) < 4.78 is 5.28. The van der Waals surface area contributed by atoms with Crippen molar-refractivity contribution < 1.29 is 9.53 Å². The molecule has 0 bridgehead atoms. The van der Waals surface area contributed by atoms with E-state index in [2.05, 4.69) is 11.1 Å². The van der Waals surface area contributed by atoms with Gasteiger partial charge in [0.25, 0.3) is 0 Å². The first-order chi connectivity index (χ1) is 11.7. The highest BCUT2D eigenvalue weighted by Gasteiger charge is 2.13. The van der Waals surface area contributed by atoms with Gasteiger partial charge in [0.05, 0.1) is 11.6 Å². The molecule has 3 rings (SSSR count). The first-order valence-corrected chi connectivity index (χ1v) is 8.22. The molecule has 0 aliphatic carbocycles. The summed E-state index contributed by atoms with van der Waals surface area (Å²) in [6.45, 7) is 2.18. The van der Waals surface area contributed by atoms with Crippen molar-refractivity contribution >= 4 is 17.3 Å². The predicted molar refractivity (Wildman–Crippen MR) is 92.6 cm³/mol. The Morgan fingerprint density at radius 1 is 1.17 bits per heavy atom. The fourth-order valence-corrected chi connectivity index (χ4v) is 2.89. The van der Waals surface area contributed by atoms with Crippen molar-refractivity contribution in [3.05, 3.63) is 76.3 Å². The van der Waals surface area contributed by atoms with Gasteiger partial charge in [-0.25, -0.2) is 9.78 Å². The fourth-order valence-electron chi connectivity index (χ4n) is 2.09. The number of carbonyl (C=O) groups is 1. The van der Waals surface area contributed by atoms with Gasteiger partial charge >= 0.3 is 5.97 Å². The highest BCUT2D eigenvalue weighted by atomic mass is 32.1. The Bertz CT molecular complexity index is 890. The number of nitriles is 1. The average molecular weight is 334 g/mol. The van der Waals surface area contributed by atoms with Crippen LogP contribution in [-0.4, -0.2) is 11.0 Å². The number of thiazole rings is 1. The van der Waals surface area contributed by atoms with E-state index in [1.165, 1.54) is 16.9 Å². The Balaban J connectivity index is 1.65. The molecule has 2 aromatic carbocycles. The Hall–Kier alpha value is -2.97. The van der Waals surface area contributed by atoms with Crippen LogP contribution in [-0.2, 0) is 11.3 Å². The van der Waals surface area contributed by atoms with E-state index in [4.69, 9.17) is 10.00 Å². The van der Waals surface area contributed by atoms with Gasteiger partial charge in [-0.2, -0.15) is 5.26 Å². The Labute approximate surface area is 144 Å². The normalized spacial score (nSPS) is 10.2. The highest BCUT2D eigenvalue weighted by molar-refractivity contribution is 7.13. The maximum atomic E-state index is 12.1. The summed E-state index contributed by atoms with van der Waals surface area (Å²) >= 11 is 1.42. The molecular weight excluding hydrogens is 320 g/mol. The lowest BCUT2D eigenvalue weighted by Crippen LogP contribution is -2.05. The van der Waals surface area contributed by atoms with Crippen LogP contribution in [0.1, 0.15) is 27.2 Å². The maximum Gasteiger partial charge on any atom is 0.358 e. The molecule has 24 heavy (non-hydrogen) atoms. The van der Waals surface area contributed by atoms with Gasteiger partial charge in [0.1, 0.15) is 11.6 Å². The number of rotatable bonds is 4. The van der Waals surface area contributed by atoms with Crippen molar-refractivity contribution in [3.8, 4) is 16.6 Å². The fraction of sp³-hybridized carbons (Fsp3) is 0.105. The van der Waals surface area contributed by atoms with Gasteiger partial charge in [-0.1, -0.05) is 42.0 Å². The molecule has 0 unspecified atom stereocenters. The number of benzene rings is 2. The van der Waals surface area contributed by atoms with Crippen molar-refractivity contribution in [2.75, 3.05) is 0 Å². The maximum absolute atomic E-state index is 12.1. The quantitative estimate of drug-likeness (QED) is 0.666. The molecule has 118 valence electrons. The van der Waals surface area contributed by atoms with E-state index in [-0.39, 0.29) is 6.61 Å². The Morgan fingerprint density at radius 3 is 2.54 bits per heavy atom. The minimum absolute atomic E-state index is 0.155. The largest absolute Gasteiger partial charge is 0.456 e. The summed E-state index contributed by atoms with van der Waals surface area (Å²) in [5, 5.41) is 11.3. The first-order valence-electron chi connectivity index (χ1n) is 7.34. The van der Waals surface area contributed by atoms with Crippen molar-refractivity contribution in [3.63, 3.8) is 0 Å². The van der Waals surface area contributed by atoms with E-state index in [0.717, 1.165) is 16.1 Å². The molecule has 3 aromatic rings. The van der Waals surface area contributed by atoms with Crippen LogP contribution in [0.2, 0.25) is 0 Å². The molecule has 1 aromatic heterocycles. The SMILES string of the molecule is Cc1ccc(-c2nc(C(=O)OCc3ccc(C#N)cc3)cs2)cc1. The second kappa shape index (κ2) is 7.07. The zero-order valence-electron chi connectivity index (χ0n) is 13.0. The van der Waals surface area contributed by atoms with Crippen molar-refractivity contribution in [2.24, 2.45) is 0 Å². The number of carbonyl (C=O) groups excluding carboxylic acids is 1. The summed E-state index contributed by atoms with van der Waals surface area (Å²) in [6, 6.07) is 17.0. The number of hydrogen-bond acceptors (Lipinski definition) is 5. The summed E-state index contributed by atoms with van der Waals surface area (Å²) in [5.41, 5.74) is 3.88. The molecule has 0 saturated heterocycles. The van der Waals surface area contributed by atoms with Gasteiger partial charge in [-0.05, 0) is 24.6 Å². The lowest BCUT2D eigenvalue weighted by molar-refractivity contribution is 0.0467. The minimum Gasteiger partial charge on any atom is -0.456 e. The van der Waals surface area contributed by atoms with Gasteiger partial charge in [-0.15, -0.1) is 11.3 Å². The minimum atomic E-state index is -0.450. The topological polar surface area (TPSA) is 63.0 Å². The second-order valence-corrected chi connectivity index (χ2v) is 6.15. The smallest absolute Gasteiger partial charge is 0.358 e. The molecule has 0 fully saturated rings. The standard InChI is InChI=1S/C19H14N2O2S/c1-13-2-8-16(9-3-13)18-21-17(12-24-18)19(22)23-11-15-6-4-14(10-20)5-7-15/h2-9,12H,11H2,1H3. The zero-order chi connectivity index (χ0) is 16.9. The van der Waals surface area contributed by atoms with Crippen LogP contribution in [0.5, 0.6) is 0 Å². The molecule has 0 atom stereocenters. The molecule has 1 heterocycles. The summed E-state index contributed by atoms with van der Waals surface area (Å²) in [5.74, 6) is -0.450. The molecule has 0 N–H and O–H groups in total. The monoisotopic (exact) mass is 334 g/mol. The number of esters is 1. The zero-order valence-corrected chi connectivity index (χ0v) is 13.8. The number of hydrogen-bond donors (Lipinski definition) is 0. The van der Waals surface area contributed by atoms with Gasteiger partial charge in [-0.3, -0.25) is 0 Å². The highest BCUT2D eigenvalue weighted by Crippen LogP contribution is 2.24. The van der Waals surface area contributed by atoms with Gasteiger partial charge in [0, 0.05) is 10.9 Å². The third kappa shape index (κ3) is 3.67. The molecule has 0 saturated carbocycles. The molecule has 4 nitrogen and oxygen atoms in total. The Kier molecular flexibility index (Phi) is 4.69.